The molecule has 0 radical (unpaired) electrons. The molecule has 0 atom stereocenters. The number of Topliss-reactive ketones (excluding diaryl/α,β-unsaturated/α-hetero) is 1. The van der Waals surface area contributed by atoms with E-state index < -0.39 is 7.82 Å². The van der Waals surface area contributed by atoms with Gasteiger partial charge in [0.25, 0.3) is 0 Å². The highest BCUT2D eigenvalue weighted by atomic mass is 35.5. The van der Waals surface area contributed by atoms with E-state index in [0.717, 1.165) is 0 Å². The van der Waals surface area contributed by atoms with E-state index in [1.165, 1.54) is 21.1 Å². The van der Waals surface area contributed by atoms with E-state index in [-0.39, 0.29) is 22.5 Å². The second-order valence-corrected chi connectivity index (χ2v) is 5.84. The molecule has 0 rings (SSSR count). The second-order valence-electron chi connectivity index (χ2n) is 3.65. The zero-order valence-corrected chi connectivity index (χ0v) is 13.0. The van der Waals surface area contributed by atoms with Crippen molar-refractivity contribution < 1.29 is 22.9 Å². The molecular weight excluding hydrogens is 279 g/mol. The van der Waals surface area contributed by atoms with Gasteiger partial charge >= 0.3 is 7.82 Å². The van der Waals surface area contributed by atoms with Gasteiger partial charge in [0.15, 0.2) is 5.78 Å². The number of ketones is 1. The van der Waals surface area contributed by atoms with E-state index in [0.29, 0.717) is 12.8 Å². The fraction of sp³-hybridized carbons (Fsp3) is 0.727. The zero-order chi connectivity index (χ0) is 14.3. The van der Waals surface area contributed by atoms with Crippen molar-refractivity contribution in [2.75, 3.05) is 14.2 Å². The number of rotatable bonds is 8. The third-order valence-corrected chi connectivity index (χ3v) is 4.42. The van der Waals surface area contributed by atoms with Crippen LogP contribution < -0.4 is 0 Å². The van der Waals surface area contributed by atoms with E-state index in [2.05, 4.69) is 9.05 Å². The second kappa shape index (κ2) is 7.95. The highest BCUT2D eigenvalue weighted by Gasteiger charge is 2.28. The molecule has 106 valence electrons. The van der Waals surface area contributed by atoms with Crippen molar-refractivity contribution in [3.63, 3.8) is 0 Å². The molecule has 0 bridgehead atoms. The Morgan fingerprint density at radius 1 is 1.22 bits per heavy atom. The van der Waals surface area contributed by atoms with E-state index in [4.69, 9.17) is 16.1 Å². The summed E-state index contributed by atoms with van der Waals surface area (Å²) in [6.45, 7) is 5.26. The van der Waals surface area contributed by atoms with Gasteiger partial charge in [-0.05, 0) is 19.8 Å². The van der Waals surface area contributed by atoms with Crippen LogP contribution in [0.4, 0.5) is 0 Å². The molecule has 0 unspecified atom stereocenters. The van der Waals surface area contributed by atoms with Crippen LogP contribution in [0.25, 0.3) is 0 Å². The molecule has 0 spiro atoms. The van der Waals surface area contributed by atoms with Crippen molar-refractivity contribution in [2.24, 2.45) is 5.92 Å². The lowest BCUT2D eigenvalue weighted by molar-refractivity contribution is -0.118. The Balaban J connectivity index is 5.02. The topological polar surface area (TPSA) is 61.8 Å². The van der Waals surface area contributed by atoms with Crippen molar-refractivity contribution in [2.45, 2.75) is 33.6 Å². The third kappa shape index (κ3) is 4.73. The smallest absolute Gasteiger partial charge is 0.407 e. The van der Waals surface area contributed by atoms with E-state index in [1.807, 2.05) is 13.8 Å². The molecule has 0 aliphatic carbocycles. The normalized spacial score (nSPS) is 13.5. The van der Waals surface area contributed by atoms with Crippen LogP contribution in [0.1, 0.15) is 33.6 Å². The molecule has 7 heteroatoms. The zero-order valence-electron chi connectivity index (χ0n) is 11.4. The maximum absolute atomic E-state index is 12.0. The van der Waals surface area contributed by atoms with Crippen molar-refractivity contribution >= 4 is 25.2 Å². The molecule has 0 aromatic heterocycles. The average molecular weight is 299 g/mol. The van der Waals surface area contributed by atoms with E-state index >= 15 is 0 Å². The van der Waals surface area contributed by atoms with Crippen LogP contribution in [0.5, 0.6) is 0 Å². The molecule has 18 heavy (non-hydrogen) atoms. The summed E-state index contributed by atoms with van der Waals surface area (Å²) in [4.78, 5) is 12.0. The van der Waals surface area contributed by atoms with Gasteiger partial charge in [-0.25, -0.2) is 4.57 Å². The van der Waals surface area contributed by atoms with Crippen molar-refractivity contribution in [3.05, 3.63) is 10.8 Å². The predicted octanol–water partition coefficient (Wildman–Crippen LogP) is 3.88. The molecule has 0 aromatic rings. The molecule has 0 N–H and O–H groups in total. The molecule has 5 nitrogen and oxygen atoms in total. The van der Waals surface area contributed by atoms with Gasteiger partial charge in [0.2, 0.25) is 0 Å². The van der Waals surface area contributed by atoms with Gasteiger partial charge < -0.3 is 4.52 Å². The van der Waals surface area contributed by atoms with Gasteiger partial charge in [0.1, 0.15) is 10.8 Å². The Morgan fingerprint density at radius 3 is 2.00 bits per heavy atom. The number of hydrogen-bond donors (Lipinski definition) is 0. The molecule has 0 saturated carbocycles. The number of carbonyl (C=O) groups is 1. The summed E-state index contributed by atoms with van der Waals surface area (Å²) in [6, 6.07) is 0. The first-order valence-corrected chi connectivity index (χ1v) is 7.50. The highest BCUT2D eigenvalue weighted by Crippen LogP contribution is 2.50. The van der Waals surface area contributed by atoms with Gasteiger partial charge in [-0.15, -0.1) is 0 Å². The first kappa shape index (κ1) is 17.6. The lowest BCUT2D eigenvalue weighted by atomic mass is 9.97. The number of hydrogen-bond acceptors (Lipinski definition) is 5. The summed E-state index contributed by atoms with van der Waals surface area (Å²) in [5.74, 6) is -0.348. The molecule has 0 saturated heterocycles. The summed E-state index contributed by atoms with van der Waals surface area (Å²) in [6.07, 6.45) is 1.37. The molecule has 0 aliphatic heterocycles. The number of carbonyl (C=O) groups excluding carboxylic acids is 1. The molecule has 0 aromatic carbocycles. The van der Waals surface area contributed by atoms with Crippen LogP contribution in [0.2, 0.25) is 0 Å². The van der Waals surface area contributed by atoms with Gasteiger partial charge in [-0.1, -0.05) is 25.4 Å². The van der Waals surface area contributed by atoms with Gasteiger partial charge in [-0.3, -0.25) is 13.8 Å². The third-order valence-electron chi connectivity index (χ3n) is 2.58. The first-order chi connectivity index (χ1) is 8.35. The first-order valence-electron chi connectivity index (χ1n) is 5.66. The summed E-state index contributed by atoms with van der Waals surface area (Å²) in [5, 5.41) is -0.0713. The number of allylic oxidation sites excluding steroid dienone is 2. The quantitative estimate of drug-likeness (QED) is 0.386. The van der Waals surface area contributed by atoms with Gasteiger partial charge in [0, 0.05) is 20.1 Å². The fourth-order valence-electron chi connectivity index (χ4n) is 1.37. The maximum Gasteiger partial charge on any atom is 0.529 e. The molecule has 0 amide bonds. The minimum Gasteiger partial charge on any atom is -0.407 e. The Labute approximate surface area is 113 Å². The van der Waals surface area contributed by atoms with E-state index in [1.54, 1.807) is 0 Å². The maximum atomic E-state index is 12.0. The Bertz CT molecular complexity index is 354. The fourth-order valence-corrected chi connectivity index (χ4v) is 2.34. The summed E-state index contributed by atoms with van der Waals surface area (Å²) < 4.78 is 25.9. The number of halogens is 1. The molecule has 0 fully saturated rings. The lowest BCUT2D eigenvalue weighted by Gasteiger charge is -2.16. The Hall–Kier alpha value is -0.350. The largest absolute Gasteiger partial charge is 0.529 e. The summed E-state index contributed by atoms with van der Waals surface area (Å²) in [5.41, 5.74) is 0. The van der Waals surface area contributed by atoms with Crippen molar-refractivity contribution in [3.8, 4) is 0 Å². The van der Waals surface area contributed by atoms with Gasteiger partial charge in [0.05, 0.1) is 0 Å². The number of phosphoric acid groups is 1. The van der Waals surface area contributed by atoms with Crippen LogP contribution in [-0.4, -0.2) is 20.0 Å². The predicted molar refractivity (Wildman–Crippen MR) is 70.3 cm³/mol. The summed E-state index contributed by atoms with van der Waals surface area (Å²) >= 11 is 5.93. The molecular formula is C11H20ClO5P. The monoisotopic (exact) mass is 298 g/mol. The van der Waals surface area contributed by atoms with E-state index in [9.17, 15) is 9.36 Å². The average Bonchev–Trinajstić information content (AvgIpc) is 2.38. The Kier molecular flexibility index (Phi) is 7.79. The van der Waals surface area contributed by atoms with Crippen LogP contribution in [0.3, 0.4) is 0 Å². The summed E-state index contributed by atoms with van der Waals surface area (Å²) in [7, 11) is -1.30. The Morgan fingerprint density at radius 2 is 1.67 bits per heavy atom. The van der Waals surface area contributed by atoms with Crippen molar-refractivity contribution in [1.82, 2.24) is 0 Å². The van der Waals surface area contributed by atoms with Crippen LogP contribution in [0.15, 0.2) is 10.8 Å². The van der Waals surface area contributed by atoms with Crippen LogP contribution >= 0.6 is 19.4 Å². The van der Waals surface area contributed by atoms with Crippen LogP contribution in [0, 0.1) is 5.92 Å². The molecule has 0 heterocycles. The number of phosphoric ester groups is 1. The SMILES string of the molecule is CCC(CC)C(=O)C(Cl)=C(C)OP(=O)(OC)OC. The van der Waals surface area contributed by atoms with Gasteiger partial charge in [-0.2, -0.15) is 0 Å². The lowest BCUT2D eigenvalue weighted by Crippen LogP contribution is -2.14. The standard InChI is InChI=1S/C11H20ClO5P/c1-6-9(7-2)11(13)10(12)8(3)17-18(14,15-4)16-5/h9H,6-7H2,1-5H3. The molecule has 0 aliphatic rings. The minimum atomic E-state index is -3.67. The van der Waals surface area contributed by atoms with Crippen molar-refractivity contribution in [1.29, 1.82) is 0 Å². The highest BCUT2D eigenvalue weighted by molar-refractivity contribution is 7.48. The van der Waals surface area contributed by atoms with Crippen LogP contribution in [-0.2, 0) is 22.9 Å². The minimum absolute atomic E-state index is 0.0422.